The Morgan fingerprint density at radius 2 is 1.39 bits per heavy atom. The number of likely N-dealkylation sites (tertiary alicyclic amines) is 1. The molecule has 1 saturated heterocycles. The fourth-order valence-electron chi connectivity index (χ4n) is 3.79. The predicted molar refractivity (Wildman–Crippen MR) is 140 cm³/mol. The number of rotatable bonds is 9. The van der Waals surface area contributed by atoms with E-state index in [0.717, 1.165) is 23.5 Å². The monoisotopic (exact) mass is 528 g/mol. The fourth-order valence-corrected chi connectivity index (χ4v) is 6.13. The van der Waals surface area contributed by atoms with Crippen LogP contribution in [0.25, 0.3) is 0 Å². The quantitative estimate of drug-likeness (QED) is 0.473. The summed E-state index contributed by atoms with van der Waals surface area (Å²) in [5.41, 5.74) is 0.898. The van der Waals surface area contributed by atoms with Crippen LogP contribution in [0.5, 0.6) is 0 Å². The Labute approximate surface area is 218 Å². The van der Waals surface area contributed by atoms with Crippen molar-refractivity contribution in [3.63, 3.8) is 0 Å². The maximum absolute atomic E-state index is 13.1. The summed E-state index contributed by atoms with van der Waals surface area (Å²) in [6, 6.07) is 15.3. The minimum absolute atomic E-state index is 0.279. The first-order valence-electron chi connectivity index (χ1n) is 11.5. The molecule has 3 atom stereocenters. The van der Waals surface area contributed by atoms with Crippen molar-refractivity contribution in [2.45, 2.75) is 43.4 Å². The molecular weight excluding hydrogens is 500 g/mol. The summed E-state index contributed by atoms with van der Waals surface area (Å²) in [6.45, 7) is 3.42. The number of hydrogen-bond donors (Lipinski definition) is 2. The van der Waals surface area contributed by atoms with Gasteiger partial charge in [0.05, 0.1) is 10.5 Å². The van der Waals surface area contributed by atoms with Crippen LogP contribution in [-0.4, -0.2) is 61.2 Å². The van der Waals surface area contributed by atoms with Gasteiger partial charge >= 0.3 is 5.97 Å². The van der Waals surface area contributed by atoms with Crippen molar-refractivity contribution in [3.05, 3.63) is 71.8 Å². The average molecular weight is 529 g/mol. The Morgan fingerprint density at radius 1 is 0.889 bits per heavy atom. The zero-order valence-electron chi connectivity index (χ0n) is 20.0. The second kappa shape index (κ2) is 12.7. The van der Waals surface area contributed by atoms with Crippen molar-refractivity contribution < 1.29 is 29.1 Å². The maximum atomic E-state index is 13.1. The van der Waals surface area contributed by atoms with Crippen molar-refractivity contribution in [1.29, 1.82) is 0 Å². The summed E-state index contributed by atoms with van der Waals surface area (Å²) in [7, 11) is 0. The standard InChI is InChI=1S/C26H28N2O6S2/c1-16(21(29)27-17(2)22(30)28-15-9-14-20(28)23(31)32)26(35-24(33)18-10-5-3-6-11-18)36-25(34)19-12-7-4-8-13-19/h3-8,10-13,16-17,20,26H,9,14-15H2,1-2H3,(H,27,29)(H,31,32)/t16?,17-,20-/m0/s1. The van der Waals surface area contributed by atoms with Gasteiger partial charge < -0.3 is 15.3 Å². The summed E-state index contributed by atoms with van der Waals surface area (Å²) in [5.74, 6) is -2.87. The normalized spacial score (nSPS) is 16.9. The molecule has 2 aromatic rings. The highest BCUT2D eigenvalue weighted by atomic mass is 32.2. The minimum Gasteiger partial charge on any atom is -0.480 e. The molecule has 2 amide bonds. The van der Waals surface area contributed by atoms with Gasteiger partial charge in [0.2, 0.25) is 22.0 Å². The van der Waals surface area contributed by atoms with Gasteiger partial charge in [-0.2, -0.15) is 0 Å². The molecule has 8 nitrogen and oxygen atoms in total. The molecule has 10 heteroatoms. The van der Waals surface area contributed by atoms with Crippen LogP contribution in [0.3, 0.4) is 0 Å². The van der Waals surface area contributed by atoms with E-state index in [0.29, 0.717) is 30.5 Å². The third kappa shape index (κ3) is 6.98. The third-order valence-electron chi connectivity index (χ3n) is 5.84. The van der Waals surface area contributed by atoms with E-state index in [9.17, 15) is 29.1 Å². The third-order valence-corrected chi connectivity index (χ3v) is 8.60. The lowest BCUT2D eigenvalue weighted by Crippen LogP contribution is -2.51. The van der Waals surface area contributed by atoms with Crippen molar-refractivity contribution in [1.82, 2.24) is 10.2 Å². The fraction of sp³-hybridized carbons (Fsp3) is 0.346. The van der Waals surface area contributed by atoms with Gasteiger partial charge in [0.1, 0.15) is 12.1 Å². The van der Waals surface area contributed by atoms with Gasteiger partial charge in [-0.1, -0.05) is 91.1 Å². The molecule has 0 spiro atoms. The number of amides is 2. The van der Waals surface area contributed by atoms with E-state index in [-0.39, 0.29) is 10.2 Å². The number of nitrogens with one attached hydrogen (secondary N) is 1. The van der Waals surface area contributed by atoms with E-state index in [1.807, 2.05) is 0 Å². The zero-order valence-corrected chi connectivity index (χ0v) is 21.6. The number of aliphatic carboxylic acids is 1. The Kier molecular flexibility index (Phi) is 9.72. The summed E-state index contributed by atoms with van der Waals surface area (Å²) < 4.78 is -0.758. The Bertz CT molecular complexity index is 1060. The van der Waals surface area contributed by atoms with Gasteiger partial charge in [0, 0.05) is 17.7 Å². The molecule has 1 fully saturated rings. The number of carboxylic acid groups (broad SMARTS) is 1. The van der Waals surface area contributed by atoms with E-state index in [1.165, 1.54) is 11.8 Å². The van der Waals surface area contributed by atoms with Gasteiger partial charge in [0.25, 0.3) is 0 Å². The summed E-state index contributed by atoms with van der Waals surface area (Å²) >= 11 is 1.78. The summed E-state index contributed by atoms with van der Waals surface area (Å²) in [6.07, 6.45) is 0.953. The van der Waals surface area contributed by atoms with Crippen molar-refractivity contribution in [2.75, 3.05) is 6.54 Å². The van der Waals surface area contributed by atoms with Crippen LogP contribution in [-0.2, 0) is 14.4 Å². The van der Waals surface area contributed by atoms with Gasteiger partial charge in [-0.25, -0.2) is 4.79 Å². The molecule has 1 unspecified atom stereocenters. The molecular formula is C26H28N2O6S2. The van der Waals surface area contributed by atoms with Gasteiger partial charge in [-0.05, 0) is 19.8 Å². The van der Waals surface area contributed by atoms with Crippen LogP contribution in [0.15, 0.2) is 60.7 Å². The van der Waals surface area contributed by atoms with Crippen molar-refractivity contribution in [2.24, 2.45) is 5.92 Å². The number of thioether (sulfide) groups is 2. The average Bonchev–Trinajstić information content (AvgIpc) is 3.38. The maximum Gasteiger partial charge on any atom is 0.326 e. The van der Waals surface area contributed by atoms with Crippen LogP contribution >= 0.6 is 23.5 Å². The molecule has 2 aromatic carbocycles. The van der Waals surface area contributed by atoms with Crippen LogP contribution in [0.2, 0.25) is 0 Å². The Hall–Kier alpha value is -3.11. The number of benzene rings is 2. The molecule has 0 aromatic heterocycles. The molecule has 0 aliphatic carbocycles. The first kappa shape index (κ1) is 27.5. The number of carbonyl (C=O) groups excluding carboxylic acids is 4. The second-order valence-corrected chi connectivity index (χ2v) is 11.0. The van der Waals surface area contributed by atoms with Crippen LogP contribution < -0.4 is 5.32 Å². The molecule has 2 N–H and O–H groups in total. The molecule has 1 aliphatic rings. The highest BCUT2D eigenvalue weighted by Gasteiger charge is 2.37. The SMILES string of the molecule is CC(C(=O)N[C@@H](C)C(=O)N1CCC[C@H]1C(=O)O)C(SC(=O)c1ccccc1)SC(=O)c1ccccc1. The van der Waals surface area contributed by atoms with Gasteiger partial charge in [0.15, 0.2) is 0 Å². The van der Waals surface area contributed by atoms with Gasteiger partial charge in [-0.15, -0.1) is 0 Å². The van der Waals surface area contributed by atoms with E-state index < -0.39 is 40.4 Å². The second-order valence-electron chi connectivity index (χ2n) is 8.46. The lowest BCUT2D eigenvalue weighted by Gasteiger charge is -2.27. The van der Waals surface area contributed by atoms with E-state index >= 15 is 0 Å². The molecule has 3 rings (SSSR count). The summed E-state index contributed by atoms with van der Waals surface area (Å²) in [5, 5.41) is 11.5. The number of hydrogen-bond acceptors (Lipinski definition) is 7. The highest BCUT2D eigenvalue weighted by Crippen LogP contribution is 2.35. The molecule has 0 radical (unpaired) electrons. The van der Waals surface area contributed by atoms with Crippen LogP contribution in [0.1, 0.15) is 47.4 Å². The Morgan fingerprint density at radius 3 is 1.86 bits per heavy atom. The molecule has 36 heavy (non-hydrogen) atoms. The largest absolute Gasteiger partial charge is 0.480 e. The molecule has 1 aliphatic heterocycles. The number of nitrogens with zero attached hydrogens (tertiary/aromatic N) is 1. The smallest absolute Gasteiger partial charge is 0.326 e. The number of carbonyl (C=O) groups is 5. The predicted octanol–water partition coefficient (Wildman–Crippen LogP) is 3.68. The van der Waals surface area contributed by atoms with Crippen LogP contribution in [0, 0.1) is 5.92 Å². The number of carboxylic acids is 1. The van der Waals surface area contributed by atoms with E-state index in [1.54, 1.807) is 67.6 Å². The van der Waals surface area contributed by atoms with Crippen molar-refractivity contribution >= 4 is 51.5 Å². The first-order valence-corrected chi connectivity index (χ1v) is 13.3. The van der Waals surface area contributed by atoms with Crippen molar-refractivity contribution in [3.8, 4) is 0 Å². The topological polar surface area (TPSA) is 121 Å². The summed E-state index contributed by atoms with van der Waals surface area (Å²) in [4.78, 5) is 64.5. The highest BCUT2D eigenvalue weighted by molar-refractivity contribution is 8.30. The molecule has 190 valence electrons. The minimum atomic E-state index is -1.07. The van der Waals surface area contributed by atoms with E-state index in [4.69, 9.17) is 0 Å². The lowest BCUT2D eigenvalue weighted by atomic mass is 10.1. The lowest BCUT2D eigenvalue weighted by molar-refractivity contribution is -0.149. The Balaban J connectivity index is 1.73. The van der Waals surface area contributed by atoms with Gasteiger partial charge in [-0.3, -0.25) is 19.2 Å². The molecule has 1 heterocycles. The zero-order chi connectivity index (χ0) is 26.2. The molecule has 0 bridgehead atoms. The van der Waals surface area contributed by atoms with Crippen LogP contribution in [0.4, 0.5) is 0 Å². The first-order chi connectivity index (χ1) is 17.2. The molecule has 0 saturated carbocycles. The van der Waals surface area contributed by atoms with E-state index in [2.05, 4.69) is 5.32 Å².